The van der Waals surface area contributed by atoms with Gasteiger partial charge in [0.1, 0.15) is 6.04 Å². The van der Waals surface area contributed by atoms with Gasteiger partial charge in [0, 0.05) is 20.1 Å². The zero-order chi connectivity index (χ0) is 12.3. The highest BCUT2D eigenvalue weighted by Gasteiger charge is 2.35. The van der Waals surface area contributed by atoms with E-state index in [-0.39, 0.29) is 6.03 Å². The van der Waals surface area contributed by atoms with Gasteiger partial charge in [0.25, 0.3) is 0 Å². The van der Waals surface area contributed by atoms with Gasteiger partial charge in [0.15, 0.2) is 0 Å². The molecule has 0 aromatic rings. The second kappa shape index (κ2) is 5.18. The molecule has 1 fully saturated rings. The van der Waals surface area contributed by atoms with Gasteiger partial charge in [-0.25, -0.2) is 9.59 Å². The standard InChI is InChI=1S/C11H20N2O3/c1-8(2)7-12(3)11(16)13-6-4-5-9(13)10(14)15/h8-9H,4-7H2,1-3H3,(H,14,15). The summed E-state index contributed by atoms with van der Waals surface area (Å²) in [4.78, 5) is 26.0. The topological polar surface area (TPSA) is 60.9 Å². The Labute approximate surface area is 96.0 Å². The molecule has 0 aromatic carbocycles. The second-order valence-corrected chi connectivity index (χ2v) is 4.75. The second-order valence-electron chi connectivity index (χ2n) is 4.75. The zero-order valence-electron chi connectivity index (χ0n) is 10.1. The number of hydrogen-bond acceptors (Lipinski definition) is 2. The maximum absolute atomic E-state index is 12.0. The minimum atomic E-state index is -0.899. The van der Waals surface area contributed by atoms with Crippen LogP contribution in [-0.2, 0) is 4.79 Å². The molecule has 1 atom stereocenters. The molecule has 1 aliphatic rings. The number of carbonyl (C=O) groups excluding carboxylic acids is 1. The van der Waals surface area contributed by atoms with Gasteiger partial charge >= 0.3 is 12.0 Å². The predicted molar refractivity (Wildman–Crippen MR) is 60.2 cm³/mol. The van der Waals surface area contributed by atoms with Crippen molar-refractivity contribution in [3.8, 4) is 0 Å². The molecule has 92 valence electrons. The lowest BCUT2D eigenvalue weighted by atomic mass is 10.2. The lowest BCUT2D eigenvalue weighted by Crippen LogP contribution is -2.47. The van der Waals surface area contributed by atoms with Gasteiger partial charge in [0.05, 0.1) is 0 Å². The Balaban J connectivity index is 2.62. The zero-order valence-corrected chi connectivity index (χ0v) is 10.1. The number of carboxylic acids is 1. The van der Waals surface area contributed by atoms with Crippen LogP contribution >= 0.6 is 0 Å². The molecular formula is C11H20N2O3. The molecule has 0 spiro atoms. The third kappa shape index (κ3) is 2.87. The predicted octanol–water partition coefficient (Wildman–Crippen LogP) is 1.24. The molecule has 0 aromatic heterocycles. The average molecular weight is 228 g/mol. The van der Waals surface area contributed by atoms with Gasteiger partial charge in [-0.3, -0.25) is 0 Å². The third-order valence-corrected chi connectivity index (χ3v) is 2.75. The van der Waals surface area contributed by atoms with Crippen molar-refractivity contribution >= 4 is 12.0 Å². The molecule has 1 heterocycles. The van der Waals surface area contributed by atoms with Gasteiger partial charge in [-0.05, 0) is 18.8 Å². The Morgan fingerprint density at radius 1 is 1.50 bits per heavy atom. The summed E-state index contributed by atoms with van der Waals surface area (Å²) in [6.07, 6.45) is 1.34. The van der Waals surface area contributed by atoms with E-state index in [2.05, 4.69) is 0 Å². The molecule has 1 rings (SSSR count). The highest BCUT2D eigenvalue weighted by atomic mass is 16.4. The lowest BCUT2D eigenvalue weighted by molar-refractivity contribution is -0.141. The molecule has 0 bridgehead atoms. The van der Waals surface area contributed by atoms with Crippen molar-refractivity contribution < 1.29 is 14.7 Å². The van der Waals surface area contributed by atoms with Crippen LogP contribution in [0.1, 0.15) is 26.7 Å². The first kappa shape index (κ1) is 12.8. The third-order valence-electron chi connectivity index (χ3n) is 2.75. The minimum Gasteiger partial charge on any atom is -0.480 e. The van der Waals surface area contributed by atoms with E-state index in [1.807, 2.05) is 13.8 Å². The number of hydrogen-bond donors (Lipinski definition) is 1. The van der Waals surface area contributed by atoms with Crippen LogP contribution in [-0.4, -0.2) is 53.1 Å². The van der Waals surface area contributed by atoms with E-state index in [1.165, 1.54) is 4.90 Å². The summed E-state index contributed by atoms with van der Waals surface area (Å²) in [6, 6.07) is -0.805. The molecule has 2 amide bonds. The number of carbonyl (C=O) groups is 2. The molecule has 0 aliphatic carbocycles. The van der Waals surface area contributed by atoms with E-state index in [0.29, 0.717) is 25.4 Å². The highest BCUT2D eigenvalue weighted by Crippen LogP contribution is 2.19. The number of carboxylic acid groups (broad SMARTS) is 1. The summed E-state index contributed by atoms with van der Waals surface area (Å²) in [5.41, 5.74) is 0. The summed E-state index contributed by atoms with van der Waals surface area (Å²) < 4.78 is 0. The summed E-state index contributed by atoms with van der Waals surface area (Å²) in [5, 5.41) is 8.98. The van der Waals surface area contributed by atoms with Gasteiger partial charge in [0.2, 0.25) is 0 Å². The van der Waals surface area contributed by atoms with E-state index in [1.54, 1.807) is 11.9 Å². The van der Waals surface area contributed by atoms with E-state index >= 15 is 0 Å². The first-order chi connectivity index (χ1) is 7.43. The van der Waals surface area contributed by atoms with Crippen LogP contribution in [0, 0.1) is 5.92 Å². The Morgan fingerprint density at radius 2 is 2.12 bits per heavy atom. The fraction of sp³-hybridized carbons (Fsp3) is 0.818. The van der Waals surface area contributed by atoms with Crippen LogP contribution in [0.3, 0.4) is 0 Å². The van der Waals surface area contributed by atoms with Crippen LogP contribution in [0.4, 0.5) is 4.79 Å². The Morgan fingerprint density at radius 3 is 2.62 bits per heavy atom. The van der Waals surface area contributed by atoms with Crippen molar-refractivity contribution in [3.63, 3.8) is 0 Å². The molecule has 1 N–H and O–H groups in total. The van der Waals surface area contributed by atoms with Gasteiger partial charge < -0.3 is 14.9 Å². The fourth-order valence-electron chi connectivity index (χ4n) is 2.10. The minimum absolute atomic E-state index is 0.168. The van der Waals surface area contributed by atoms with E-state index in [4.69, 9.17) is 5.11 Å². The Bertz CT molecular complexity index is 278. The number of amides is 2. The Hall–Kier alpha value is -1.26. The van der Waals surface area contributed by atoms with Crippen molar-refractivity contribution in [3.05, 3.63) is 0 Å². The van der Waals surface area contributed by atoms with E-state index in [9.17, 15) is 9.59 Å². The van der Waals surface area contributed by atoms with Crippen molar-refractivity contribution in [2.75, 3.05) is 20.1 Å². The molecule has 5 nitrogen and oxygen atoms in total. The van der Waals surface area contributed by atoms with Crippen LogP contribution in [0.15, 0.2) is 0 Å². The monoisotopic (exact) mass is 228 g/mol. The number of rotatable bonds is 3. The average Bonchev–Trinajstić information content (AvgIpc) is 2.63. The number of aliphatic carboxylic acids is 1. The quantitative estimate of drug-likeness (QED) is 0.790. The number of nitrogens with zero attached hydrogens (tertiary/aromatic N) is 2. The normalized spacial score (nSPS) is 20.2. The molecular weight excluding hydrogens is 208 g/mol. The van der Waals surface area contributed by atoms with Crippen LogP contribution in [0.2, 0.25) is 0 Å². The first-order valence-electron chi connectivity index (χ1n) is 5.68. The van der Waals surface area contributed by atoms with Gasteiger partial charge in [-0.1, -0.05) is 13.8 Å². The summed E-state index contributed by atoms with van der Waals surface area (Å²) in [7, 11) is 1.72. The largest absolute Gasteiger partial charge is 0.480 e. The number of likely N-dealkylation sites (tertiary alicyclic amines) is 1. The van der Waals surface area contributed by atoms with Crippen LogP contribution < -0.4 is 0 Å². The molecule has 0 radical (unpaired) electrons. The number of urea groups is 1. The summed E-state index contributed by atoms with van der Waals surface area (Å²) in [5.74, 6) is -0.511. The first-order valence-corrected chi connectivity index (χ1v) is 5.68. The summed E-state index contributed by atoms with van der Waals surface area (Å²) >= 11 is 0. The molecule has 0 saturated carbocycles. The fourth-order valence-corrected chi connectivity index (χ4v) is 2.10. The smallest absolute Gasteiger partial charge is 0.326 e. The molecule has 1 aliphatic heterocycles. The maximum atomic E-state index is 12.0. The van der Waals surface area contributed by atoms with Gasteiger partial charge in [-0.15, -0.1) is 0 Å². The maximum Gasteiger partial charge on any atom is 0.326 e. The van der Waals surface area contributed by atoms with E-state index < -0.39 is 12.0 Å². The molecule has 16 heavy (non-hydrogen) atoms. The van der Waals surface area contributed by atoms with Crippen molar-refractivity contribution in [1.82, 2.24) is 9.80 Å². The molecule has 1 saturated heterocycles. The van der Waals surface area contributed by atoms with Crippen molar-refractivity contribution in [2.24, 2.45) is 5.92 Å². The van der Waals surface area contributed by atoms with Crippen LogP contribution in [0.25, 0.3) is 0 Å². The van der Waals surface area contributed by atoms with Crippen LogP contribution in [0.5, 0.6) is 0 Å². The lowest BCUT2D eigenvalue weighted by Gasteiger charge is -2.28. The summed E-state index contributed by atoms with van der Waals surface area (Å²) in [6.45, 7) is 5.27. The van der Waals surface area contributed by atoms with Crippen molar-refractivity contribution in [1.29, 1.82) is 0 Å². The highest BCUT2D eigenvalue weighted by molar-refractivity contribution is 5.83. The molecule has 1 unspecified atom stereocenters. The Kier molecular flexibility index (Phi) is 4.15. The van der Waals surface area contributed by atoms with E-state index in [0.717, 1.165) is 6.42 Å². The molecule has 5 heteroatoms. The SMILES string of the molecule is CC(C)CN(C)C(=O)N1CCCC1C(=O)O. The van der Waals surface area contributed by atoms with Crippen molar-refractivity contribution in [2.45, 2.75) is 32.7 Å². The van der Waals surface area contributed by atoms with Gasteiger partial charge in [-0.2, -0.15) is 0 Å².